The maximum Gasteiger partial charge on any atom is 0.243 e. The molecular formula is C22H27N3O5S2. The van der Waals surface area contributed by atoms with Gasteiger partial charge in [-0.05, 0) is 55.5 Å². The van der Waals surface area contributed by atoms with Gasteiger partial charge in [0.05, 0.1) is 10.6 Å². The summed E-state index contributed by atoms with van der Waals surface area (Å²) in [5, 5.41) is 2.74. The number of anilines is 1. The molecule has 1 fully saturated rings. The first-order valence-electron chi connectivity index (χ1n) is 10.7. The van der Waals surface area contributed by atoms with Gasteiger partial charge in [0.2, 0.25) is 26.0 Å². The molecule has 0 bridgehead atoms. The van der Waals surface area contributed by atoms with Crippen LogP contribution in [-0.4, -0.2) is 56.2 Å². The highest BCUT2D eigenvalue weighted by Gasteiger charge is 2.38. The lowest BCUT2D eigenvalue weighted by molar-refractivity contribution is -0.120. The van der Waals surface area contributed by atoms with Gasteiger partial charge in [0.1, 0.15) is 6.04 Å². The van der Waals surface area contributed by atoms with Crippen LogP contribution in [0, 0.1) is 0 Å². The molecule has 2 heterocycles. The SMILES string of the molecule is CCS(=O)(=O)N1Cc2ccccc2C[C@H]1C(=O)Nc1cccc(S(=O)(=O)N2CCCC2)c1. The smallest absolute Gasteiger partial charge is 0.243 e. The molecule has 2 aliphatic rings. The van der Waals surface area contributed by atoms with Gasteiger partial charge >= 0.3 is 0 Å². The van der Waals surface area contributed by atoms with E-state index in [1.165, 1.54) is 20.7 Å². The van der Waals surface area contributed by atoms with Crippen LogP contribution in [-0.2, 0) is 37.8 Å². The second-order valence-corrected chi connectivity index (χ2v) is 12.2. The van der Waals surface area contributed by atoms with Gasteiger partial charge < -0.3 is 5.32 Å². The summed E-state index contributed by atoms with van der Waals surface area (Å²) < 4.78 is 53.9. The first-order valence-corrected chi connectivity index (χ1v) is 13.7. The van der Waals surface area contributed by atoms with Gasteiger partial charge in [0.25, 0.3) is 0 Å². The molecule has 1 amide bonds. The van der Waals surface area contributed by atoms with Crippen LogP contribution in [0.3, 0.4) is 0 Å². The first-order chi connectivity index (χ1) is 15.2. The predicted molar refractivity (Wildman–Crippen MR) is 122 cm³/mol. The van der Waals surface area contributed by atoms with Crippen molar-refractivity contribution in [1.82, 2.24) is 8.61 Å². The number of amides is 1. The number of carbonyl (C=O) groups is 1. The van der Waals surface area contributed by atoms with Gasteiger partial charge in [-0.2, -0.15) is 8.61 Å². The number of nitrogens with zero attached hydrogens (tertiary/aromatic N) is 2. The number of sulfonamides is 2. The third kappa shape index (κ3) is 4.45. The fourth-order valence-electron chi connectivity index (χ4n) is 4.22. The van der Waals surface area contributed by atoms with Crippen molar-refractivity contribution in [2.75, 3.05) is 24.2 Å². The van der Waals surface area contributed by atoms with Crippen LogP contribution in [0.4, 0.5) is 5.69 Å². The standard InChI is InChI=1S/C22H27N3O5S2/c1-2-31(27,28)25-16-18-9-4-3-8-17(18)14-21(25)22(26)23-19-10-7-11-20(15-19)32(29,30)24-12-5-6-13-24/h3-4,7-11,15,21H,2,5-6,12-14,16H2,1H3,(H,23,26)/t21-/m0/s1. The Morgan fingerprint density at radius 2 is 1.69 bits per heavy atom. The van der Waals surface area contributed by atoms with Crippen LogP contribution in [0.25, 0.3) is 0 Å². The minimum Gasteiger partial charge on any atom is -0.325 e. The Bertz CT molecular complexity index is 1220. The molecule has 8 nitrogen and oxygen atoms in total. The molecule has 0 aromatic heterocycles. The lowest BCUT2D eigenvalue weighted by atomic mass is 9.95. The predicted octanol–water partition coefficient (Wildman–Crippen LogP) is 2.19. The van der Waals surface area contributed by atoms with Crippen LogP contribution < -0.4 is 5.32 Å². The van der Waals surface area contributed by atoms with E-state index in [0.717, 1.165) is 24.0 Å². The summed E-state index contributed by atoms with van der Waals surface area (Å²) in [6, 6.07) is 12.7. The summed E-state index contributed by atoms with van der Waals surface area (Å²) in [6.45, 7) is 2.67. The molecule has 2 aromatic carbocycles. The zero-order valence-corrected chi connectivity index (χ0v) is 19.5. The monoisotopic (exact) mass is 477 g/mol. The Balaban J connectivity index is 1.60. The molecule has 4 rings (SSSR count). The normalized spacial score (nSPS) is 20.1. The molecule has 0 radical (unpaired) electrons. The quantitative estimate of drug-likeness (QED) is 0.687. The summed E-state index contributed by atoms with van der Waals surface area (Å²) >= 11 is 0. The fraction of sp³-hybridized carbons (Fsp3) is 0.409. The number of rotatable bonds is 6. The highest BCUT2D eigenvalue weighted by Crippen LogP contribution is 2.28. The summed E-state index contributed by atoms with van der Waals surface area (Å²) in [5.41, 5.74) is 2.14. The zero-order valence-electron chi connectivity index (χ0n) is 17.9. The Morgan fingerprint density at radius 3 is 2.38 bits per heavy atom. The number of carbonyl (C=O) groups excluding carboxylic acids is 1. The molecule has 0 unspecified atom stereocenters. The summed E-state index contributed by atoms with van der Waals surface area (Å²) in [7, 11) is -7.25. The van der Waals surface area contributed by atoms with E-state index in [1.807, 2.05) is 24.3 Å². The van der Waals surface area contributed by atoms with E-state index in [4.69, 9.17) is 0 Å². The van der Waals surface area contributed by atoms with Crippen LogP contribution in [0.1, 0.15) is 30.9 Å². The average molecular weight is 478 g/mol. The molecule has 10 heteroatoms. The van der Waals surface area contributed by atoms with Crippen molar-refractivity contribution in [3.05, 3.63) is 59.7 Å². The van der Waals surface area contributed by atoms with E-state index >= 15 is 0 Å². The van der Waals surface area contributed by atoms with Crippen LogP contribution in [0.2, 0.25) is 0 Å². The highest BCUT2D eigenvalue weighted by atomic mass is 32.2. The second kappa shape index (κ2) is 8.93. The molecule has 0 spiro atoms. The number of benzene rings is 2. The molecule has 2 aromatic rings. The van der Waals surface area contributed by atoms with Crippen LogP contribution >= 0.6 is 0 Å². The van der Waals surface area contributed by atoms with E-state index in [2.05, 4.69) is 5.32 Å². The van der Waals surface area contributed by atoms with Gasteiger partial charge in [0.15, 0.2) is 0 Å². The maximum atomic E-state index is 13.2. The van der Waals surface area contributed by atoms with E-state index in [9.17, 15) is 21.6 Å². The molecule has 1 N–H and O–H groups in total. The van der Waals surface area contributed by atoms with E-state index in [-0.39, 0.29) is 23.6 Å². The van der Waals surface area contributed by atoms with Gasteiger partial charge in [0, 0.05) is 25.3 Å². The number of nitrogens with one attached hydrogen (secondary N) is 1. The van der Waals surface area contributed by atoms with Gasteiger partial charge in [-0.25, -0.2) is 16.8 Å². The highest BCUT2D eigenvalue weighted by molar-refractivity contribution is 7.89. The summed E-state index contributed by atoms with van der Waals surface area (Å²) in [5.74, 6) is -0.588. The third-order valence-electron chi connectivity index (χ3n) is 6.03. The summed E-state index contributed by atoms with van der Waals surface area (Å²) in [6.07, 6.45) is 1.92. The fourth-order valence-corrected chi connectivity index (χ4v) is 7.01. The minimum atomic E-state index is -3.62. The Labute approximate surface area is 189 Å². The average Bonchev–Trinajstić information content (AvgIpc) is 3.34. The van der Waals surface area contributed by atoms with Crippen molar-refractivity contribution >= 4 is 31.6 Å². The topological polar surface area (TPSA) is 104 Å². The zero-order chi connectivity index (χ0) is 22.9. The van der Waals surface area contributed by atoms with Crippen molar-refractivity contribution in [1.29, 1.82) is 0 Å². The largest absolute Gasteiger partial charge is 0.325 e. The van der Waals surface area contributed by atoms with E-state index in [0.29, 0.717) is 18.8 Å². The third-order valence-corrected chi connectivity index (χ3v) is 9.76. The lowest BCUT2D eigenvalue weighted by Crippen LogP contribution is -2.51. The maximum absolute atomic E-state index is 13.2. The molecule has 0 saturated carbocycles. The first kappa shape index (κ1) is 22.9. The number of fused-ring (bicyclic) bond motifs is 1. The van der Waals surface area contributed by atoms with Crippen molar-refractivity contribution in [3.8, 4) is 0 Å². The van der Waals surface area contributed by atoms with Crippen molar-refractivity contribution in [3.63, 3.8) is 0 Å². The molecule has 1 saturated heterocycles. The van der Waals surface area contributed by atoms with Crippen molar-refractivity contribution in [2.45, 2.75) is 43.7 Å². The Hall–Kier alpha value is -2.27. The van der Waals surface area contributed by atoms with Crippen molar-refractivity contribution < 1.29 is 21.6 Å². The minimum absolute atomic E-state index is 0.109. The molecular weight excluding hydrogens is 450 g/mol. The van der Waals surface area contributed by atoms with Crippen LogP contribution in [0.15, 0.2) is 53.4 Å². The molecule has 172 valence electrons. The number of hydrogen-bond donors (Lipinski definition) is 1. The van der Waals surface area contributed by atoms with E-state index in [1.54, 1.807) is 19.1 Å². The van der Waals surface area contributed by atoms with Crippen LogP contribution in [0.5, 0.6) is 0 Å². The lowest BCUT2D eigenvalue weighted by Gasteiger charge is -2.34. The molecule has 2 aliphatic heterocycles. The van der Waals surface area contributed by atoms with Crippen molar-refractivity contribution in [2.24, 2.45) is 0 Å². The molecule has 1 atom stereocenters. The Kier molecular flexibility index (Phi) is 6.39. The second-order valence-electron chi connectivity index (χ2n) is 8.06. The van der Waals surface area contributed by atoms with E-state index < -0.39 is 32.0 Å². The summed E-state index contributed by atoms with van der Waals surface area (Å²) in [4.78, 5) is 13.3. The number of hydrogen-bond acceptors (Lipinski definition) is 5. The van der Waals surface area contributed by atoms with Gasteiger partial charge in [-0.15, -0.1) is 0 Å². The Morgan fingerprint density at radius 1 is 1.00 bits per heavy atom. The van der Waals surface area contributed by atoms with Gasteiger partial charge in [-0.1, -0.05) is 30.3 Å². The molecule has 0 aliphatic carbocycles. The molecule has 32 heavy (non-hydrogen) atoms. The van der Waals surface area contributed by atoms with Gasteiger partial charge in [-0.3, -0.25) is 4.79 Å².